The summed E-state index contributed by atoms with van der Waals surface area (Å²) in [4.78, 5) is 35.1. The van der Waals surface area contributed by atoms with Gasteiger partial charge in [0.1, 0.15) is 6.21 Å². The molecule has 0 saturated heterocycles. The third-order valence-corrected chi connectivity index (χ3v) is 6.58. The number of rotatable bonds is 2. The first-order valence-electron chi connectivity index (χ1n) is 11.2. The zero-order valence-corrected chi connectivity index (χ0v) is 18.5. The Kier molecular flexibility index (Phi) is 4.00. The number of hydrogen-bond donors (Lipinski definition) is 1. The molecule has 0 radical (unpaired) electrons. The van der Waals surface area contributed by atoms with E-state index < -0.39 is 18.2 Å². The maximum Gasteiger partial charge on any atom is 0.737 e. The third kappa shape index (κ3) is 2.70. The average molecular weight is 480 g/mol. The maximum atomic E-state index is 15.1. The van der Waals surface area contributed by atoms with Crippen molar-refractivity contribution >= 4 is 29.8 Å². The van der Waals surface area contributed by atoms with Crippen molar-refractivity contribution in [2.24, 2.45) is 0 Å². The summed E-state index contributed by atoms with van der Waals surface area (Å²) in [5.74, 6) is 0.130. The second-order valence-corrected chi connectivity index (χ2v) is 8.59. The minimum Gasteiger partial charge on any atom is -0.396 e. The molecule has 0 amide bonds. The average Bonchev–Trinajstić information content (AvgIpc) is 3.55. The van der Waals surface area contributed by atoms with Crippen LogP contribution in [-0.2, 0) is 0 Å². The van der Waals surface area contributed by atoms with Gasteiger partial charge in [0.15, 0.2) is 17.2 Å². The number of halogens is 2. The highest BCUT2D eigenvalue weighted by Crippen LogP contribution is 2.38. The molecule has 4 aliphatic heterocycles. The van der Waals surface area contributed by atoms with Gasteiger partial charge in [-0.1, -0.05) is 24.3 Å². The molecule has 174 valence electrons. The Hall–Kier alpha value is -4.93. The van der Waals surface area contributed by atoms with Gasteiger partial charge >= 0.3 is 12.7 Å². The molecule has 0 saturated carbocycles. The largest absolute Gasteiger partial charge is 0.737 e. The van der Waals surface area contributed by atoms with Crippen LogP contribution < -0.4 is 11.2 Å². The summed E-state index contributed by atoms with van der Waals surface area (Å²) in [6.45, 7) is -3.98. The Bertz CT molecular complexity index is 1910. The predicted octanol–water partition coefficient (Wildman–Crippen LogP) is 3.02. The zero-order chi connectivity index (χ0) is 24.6. The quantitative estimate of drug-likeness (QED) is 0.311. The van der Waals surface area contributed by atoms with Crippen molar-refractivity contribution in [3.8, 4) is 17.2 Å². The van der Waals surface area contributed by atoms with Gasteiger partial charge in [-0.25, -0.2) is 9.78 Å². The van der Waals surface area contributed by atoms with E-state index in [1.807, 2.05) is 24.3 Å². The second-order valence-electron chi connectivity index (χ2n) is 8.59. The number of para-hydroxylation sites is 2. The summed E-state index contributed by atoms with van der Waals surface area (Å²) >= 11 is 0. The minimum absolute atomic E-state index is 0.0409. The van der Waals surface area contributed by atoms with Crippen LogP contribution >= 0.6 is 0 Å². The monoisotopic (exact) mass is 480 g/mol. The molecule has 36 heavy (non-hydrogen) atoms. The van der Waals surface area contributed by atoms with Crippen molar-refractivity contribution in [1.29, 1.82) is 0 Å². The molecule has 7 rings (SSSR count). The Morgan fingerprint density at radius 1 is 0.944 bits per heavy atom. The van der Waals surface area contributed by atoms with Crippen LogP contribution in [0.4, 0.5) is 8.63 Å². The number of H-pyrrole nitrogens is 1. The SMILES string of the molecule is O=c1nc2n(-c3ccc(C4=C5C=CC=[N+]5[B-](F)(F)n5cccc54)cc3)c3ccccc3nc-2c(=O)[nH]1. The fourth-order valence-corrected chi connectivity index (χ4v) is 5.03. The van der Waals surface area contributed by atoms with E-state index in [1.54, 1.807) is 53.1 Å². The smallest absolute Gasteiger partial charge is 0.396 e. The standard InChI is InChI=1S/C25H15BF2N6O2/c27-26(28)32-13-3-7-19(32)21(20-8-4-14-33(20)26)15-9-11-16(12-10-15)34-18-6-2-1-5-17(18)29-22-23(34)30-25(36)31-24(22)35/h1-14H,(H,31,35,36). The molecule has 0 bridgehead atoms. The van der Waals surface area contributed by atoms with Crippen LogP contribution in [-0.4, -0.2) is 41.7 Å². The van der Waals surface area contributed by atoms with Gasteiger partial charge in [0, 0.05) is 23.5 Å². The van der Waals surface area contributed by atoms with E-state index in [-0.39, 0.29) is 11.5 Å². The van der Waals surface area contributed by atoms with Crippen molar-refractivity contribution < 1.29 is 13.1 Å². The number of nitrogens with one attached hydrogen (secondary N) is 1. The lowest BCUT2D eigenvalue weighted by molar-refractivity contribution is -0.356. The predicted molar refractivity (Wildman–Crippen MR) is 132 cm³/mol. The first kappa shape index (κ1) is 20.4. The van der Waals surface area contributed by atoms with E-state index in [1.165, 1.54) is 12.4 Å². The molecule has 4 aliphatic rings. The number of benzene rings is 2. The summed E-state index contributed by atoms with van der Waals surface area (Å²) in [6, 6.07) is 17.8. The lowest BCUT2D eigenvalue weighted by Crippen LogP contribution is -2.49. The van der Waals surface area contributed by atoms with Gasteiger partial charge in [-0.15, -0.1) is 0 Å². The fourth-order valence-electron chi connectivity index (χ4n) is 5.03. The second kappa shape index (κ2) is 7.04. The van der Waals surface area contributed by atoms with Crippen LogP contribution in [0.3, 0.4) is 0 Å². The van der Waals surface area contributed by atoms with E-state index in [0.29, 0.717) is 33.7 Å². The Morgan fingerprint density at radius 3 is 2.58 bits per heavy atom. The van der Waals surface area contributed by atoms with Crippen LogP contribution in [0.5, 0.6) is 0 Å². The number of hydrogen-bond acceptors (Lipinski definition) is 4. The first-order valence-corrected chi connectivity index (χ1v) is 11.2. The highest BCUT2D eigenvalue weighted by atomic mass is 19.2. The third-order valence-electron chi connectivity index (χ3n) is 6.58. The maximum absolute atomic E-state index is 15.1. The number of aromatic nitrogens is 5. The van der Waals surface area contributed by atoms with Gasteiger partial charge in [-0.05, 0) is 48.2 Å². The molecule has 0 fully saturated rings. The molecule has 11 heteroatoms. The molecule has 2 aromatic carbocycles. The van der Waals surface area contributed by atoms with E-state index in [0.717, 1.165) is 14.5 Å². The molecular weight excluding hydrogens is 465 g/mol. The van der Waals surface area contributed by atoms with Crippen molar-refractivity contribution in [2.45, 2.75) is 0 Å². The van der Waals surface area contributed by atoms with E-state index >= 15 is 8.63 Å². The summed E-state index contributed by atoms with van der Waals surface area (Å²) in [7, 11) is 0. The normalized spacial score (nSPS) is 15.9. The zero-order valence-electron chi connectivity index (χ0n) is 18.5. The van der Waals surface area contributed by atoms with Crippen molar-refractivity contribution in [3.63, 3.8) is 0 Å². The van der Waals surface area contributed by atoms with Crippen LogP contribution in [0.1, 0.15) is 11.3 Å². The highest BCUT2D eigenvalue weighted by molar-refractivity contribution is 6.57. The lowest BCUT2D eigenvalue weighted by Gasteiger charge is -2.31. The van der Waals surface area contributed by atoms with Gasteiger partial charge < -0.3 is 17.6 Å². The Morgan fingerprint density at radius 2 is 1.75 bits per heavy atom. The van der Waals surface area contributed by atoms with E-state index in [9.17, 15) is 9.59 Å². The van der Waals surface area contributed by atoms with Gasteiger partial charge in [-0.2, -0.15) is 4.98 Å². The van der Waals surface area contributed by atoms with Gasteiger partial charge in [-0.3, -0.25) is 14.3 Å². The lowest BCUT2D eigenvalue weighted by atomic mass is 9.86. The van der Waals surface area contributed by atoms with Crippen molar-refractivity contribution in [3.05, 3.63) is 117 Å². The fraction of sp³-hybridized carbons (Fsp3) is 0. The summed E-state index contributed by atoms with van der Waals surface area (Å²) in [6.07, 6.45) is 6.07. The molecule has 0 aliphatic carbocycles. The molecular formula is C25H15BF2N6O2. The molecule has 5 heterocycles. The molecule has 0 spiro atoms. The number of allylic oxidation sites excluding steroid dienone is 2. The molecule has 8 nitrogen and oxygen atoms in total. The summed E-state index contributed by atoms with van der Waals surface area (Å²) < 4.78 is 33.9. The Balaban J connectivity index is 1.45. The van der Waals surface area contributed by atoms with Gasteiger partial charge in [0.05, 0.1) is 16.6 Å². The van der Waals surface area contributed by atoms with E-state index in [4.69, 9.17) is 0 Å². The van der Waals surface area contributed by atoms with Gasteiger partial charge in [0.25, 0.3) is 5.56 Å². The van der Waals surface area contributed by atoms with Crippen LogP contribution in [0, 0.1) is 0 Å². The molecule has 1 N–H and O–H groups in total. The van der Waals surface area contributed by atoms with Crippen molar-refractivity contribution in [2.75, 3.05) is 0 Å². The number of fused-ring (bicyclic) bond motifs is 4. The minimum atomic E-state index is -3.98. The van der Waals surface area contributed by atoms with Crippen molar-refractivity contribution in [1.82, 2.24) is 24.0 Å². The van der Waals surface area contributed by atoms with Crippen LogP contribution in [0.2, 0.25) is 0 Å². The highest BCUT2D eigenvalue weighted by Gasteiger charge is 2.51. The van der Waals surface area contributed by atoms with Gasteiger partial charge in [0.2, 0.25) is 0 Å². The Labute approximate surface area is 201 Å². The van der Waals surface area contributed by atoms with Crippen LogP contribution in [0.15, 0.2) is 94.3 Å². The number of nitrogens with zero attached hydrogens (tertiary/aromatic N) is 5. The van der Waals surface area contributed by atoms with Crippen LogP contribution in [0.25, 0.3) is 33.8 Å². The number of aromatic amines is 1. The topological polar surface area (TPSA) is 88.6 Å². The molecule has 3 aromatic rings. The molecule has 0 unspecified atom stereocenters. The van der Waals surface area contributed by atoms with E-state index in [2.05, 4.69) is 15.0 Å². The summed E-state index contributed by atoms with van der Waals surface area (Å²) in [5.41, 5.74) is 2.77. The summed E-state index contributed by atoms with van der Waals surface area (Å²) in [5, 5.41) is 0. The molecule has 0 atom stereocenters. The molecule has 1 aromatic heterocycles. The first-order chi connectivity index (χ1) is 17.4.